The van der Waals surface area contributed by atoms with Crippen molar-refractivity contribution in [1.82, 2.24) is 4.98 Å². The van der Waals surface area contributed by atoms with Gasteiger partial charge in [-0.25, -0.2) is 4.98 Å². The Bertz CT molecular complexity index is 1180. The van der Waals surface area contributed by atoms with Crippen LogP contribution >= 0.6 is 0 Å². The van der Waals surface area contributed by atoms with Crippen LogP contribution in [0.2, 0.25) is 0 Å². The minimum atomic E-state index is -0.131. The predicted octanol–water partition coefficient (Wildman–Crippen LogP) is 6.08. The van der Waals surface area contributed by atoms with Crippen molar-refractivity contribution in [2.45, 2.75) is 20.8 Å². The second-order valence-corrected chi connectivity index (χ2v) is 7.21. The van der Waals surface area contributed by atoms with Crippen LogP contribution in [0, 0.1) is 20.8 Å². The summed E-state index contributed by atoms with van der Waals surface area (Å²) in [5, 5.41) is 3.86. The van der Waals surface area contributed by atoms with Gasteiger partial charge in [-0.3, -0.25) is 4.79 Å². The Hall–Kier alpha value is -3.46. The Balaban J connectivity index is 1.82. The van der Waals surface area contributed by atoms with Gasteiger partial charge in [0.1, 0.15) is 0 Å². The Morgan fingerprint density at radius 1 is 0.821 bits per heavy atom. The number of nitrogens with one attached hydrogen (secondary N) is 1. The fourth-order valence-corrected chi connectivity index (χ4v) is 3.44. The van der Waals surface area contributed by atoms with Crippen LogP contribution in [-0.4, -0.2) is 10.9 Å². The molecule has 3 heteroatoms. The lowest BCUT2D eigenvalue weighted by Gasteiger charge is -2.12. The number of benzene rings is 3. The van der Waals surface area contributed by atoms with Crippen molar-refractivity contribution in [3.05, 3.63) is 95.1 Å². The van der Waals surface area contributed by atoms with Gasteiger partial charge >= 0.3 is 0 Å². The quantitative estimate of drug-likeness (QED) is 0.477. The summed E-state index contributed by atoms with van der Waals surface area (Å²) < 4.78 is 0. The molecule has 0 unspecified atom stereocenters. The molecule has 0 atom stereocenters. The van der Waals surface area contributed by atoms with Crippen LogP contribution in [0.4, 0.5) is 5.69 Å². The number of carbonyl (C=O) groups excluding carboxylic acids is 1. The highest BCUT2D eigenvalue weighted by Crippen LogP contribution is 2.28. The monoisotopic (exact) mass is 366 g/mol. The summed E-state index contributed by atoms with van der Waals surface area (Å²) in [6, 6.07) is 23.8. The predicted molar refractivity (Wildman–Crippen MR) is 116 cm³/mol. The van der Waals surface area contributed by atoms with Gasteiger partial charge in [-0.15, -0.1) is 0 Å². The smallest absolute Gasteiger partial charge is 0.256 e. The fourth-order valence-electron chi connectivity index (χ4n) is 3.44. The van der Waals surface area contributed by atoms with Gasteiger partial charge in [-0.2, -0.15) is 0 Å². The van der Waals surface area contributed by atoms with Crippen LogP contribution in [0.1, 0.15) is 27.0 Å². The number of fused-ring (bicyclic) bond motifs is 1. The third-order valence-corrected chi connectivity index (χ3v) is 4.93. The number of aryl methyl sites for hydroxylation is 3. The van der Waals surface area contributed by atoms with Crippen LogP contribution in [0.25, 0.3) is 22.2 Å². The Morgan fingerprint density at radius 3 is 2.29 bits per heavy atom. The van der Waals surface area contributed by atoms with Gasteiger partial charge in [0, 0.05) is 16.6 Å². The topological polar surface area (TPSA) is 42.0 Å². The molecule has 0 aliphatic carbocycles. The highest BCUT2D eigenvalue weighted by Gasteiger charge is 2.15. The average molecular weight is 366 g/mol. The van der Waals surface area contributed by atoms with E-state index in [0.717, 1.165) is 39.0 Å². The molecule has 3 aromatic carbocycles. The number of hydrogen-bond donors (Lipinski definition) is 1. The number of amides is 1. The third-order valence-electron chi connectivity index (χ3n) is 4.93. The summed E-state index contributed by atoms with van der Waals surface area (Å²) >= 11 is 0. The first-order valence-corrected chi connectivity index (χ1v) is 9.37. The normalized spacial score (nSPS) is 10.8. The van der Waals surface area contributed by atoms with Crippen LogP contribution in [0.5, 0.6) is 0 Å². The van der Waals surface area contributed by atoms with E-state index in [4.69, 9.17) is 4.98 Å². The summed E-state index contributed by atoms with van der Waals surface area (Å²) in [6.45, 7) is 6.18. The highest BCUT2D eigenvalue weighted by atomic mass is 16.1. The van der Waals surface area contributed by atoms with Crippen LogP contribution < -0.4 is 5.32 Å². The molecule has 1 aromatic heterocycles. The molecule has 1 amide bonds. The van der Waals surface area contributed by atoms with Crippen molar-refractivity contribution in [1.29, 1.82) is 0 Å². The number of pyridine rings is 1. The number of carbonyl (C=O) groups is 1. The molecule has 138 valence electrons. The first-order chi connectivity index (χ1) is 13.5. The minimum absolute atomic E-state index is 0.131. The number of aromatic nitrogens is 1. The molecule has 0 radical (unpaired) electrons. The van der Waals surface area contributed by atoms with Gasteiger partial charge in [0.2, 0.25) is 0 Å². The number of rotatable bonds is 3. The van der Waals surface area contributed by atoms with E-state index in [1.54, 1.807) is 0 Å². The van der Waals surface area contributed by atoms with Gasteiger partial charge in [-0.1, -0.05) is 59.7 Å². The zero-order valence-corrected chi connectivity index (χ0v) is 16.3. The van der Waals surface area contributed by atoms with Gasteiger partial charge in [-0.05, 0) is 50.6 Å². The molecular formula is C25H22N2O. The first-order valence-electron chi connectivity index (χ1n) is 9.37. The van der Waals surface area contributed by atoms with Crippen molar-refractivity contribution in [2.75, 3.05) is 5.32 Å². The minimum Gasteiger partial charge on any atom is -0.322 e. The second-order valence-electron chi connectivity index (χ2n) is 7.21. The molecule has 3 nitrogen and oxygen atoms in total. The van der Waals surface area contributed by atoms with Crippen molar-refractivity contribution < 1.29 is 4.79 Å². The molecule has 4 rings (SSSR count). The van der Waals surface area contributed by atoms with Crippen LogP contribution in [0.15, 0.2) is 72.8 Å². The molecule has 0 fully saturated rings. The van der Waals surface area contributed by atoms with Gasteiger partial charge < -0.3 is 5.32 Å². The Morgan fingerprint density at radius 2 is 1.54 bits per heavy atom. The third kappa shape index (κ3) is 3.52. The van der Waals surface area contributed by atoms with Crippen molar-refractivity contribution >= 4 is 22.5 Å². The van der Waals surface area contributed by atoms with Gasteiger partial charge in [0.05, 0.1) is 16.8 Å². The van der Waals surface area contributed by atoms with Crippen molar-refractivity contribution in [2.24, 2.45) is 0 Å². The summed E-state index contributed by atoms with van der Waals surface area (Å²) in [6.07, 6.45) is 0. The van der Waals surface area contributed by atoms with E-state index in [0.29, 0.717) is 5.56 Å². The molecule has 0 spiro atoms. The number of para-hydroxylation sites is 1. The molecule has 0 saturated heterocycles. The maximum atomic E-state index is 13.1. The standard InChI is InChI=1S/C25H22N2O/c1-16-8-11-19(12-9-16)26-25(28)22-15-24(20-13-10-17(2)14-18(20)3)27-23-7-5-4-6-21(22)23/h4-15H,1-3H3,(H,26,28). The van der Waals surface area contributed by atoms with E-state index in [1.165, 1.54) is 5.56 Å². The highest BCUT2D eigenvalue weighted by molar-refractivity contribution is 6.13. The summed E-state index contributed by atoms with van der Waals surface area (Å²) in [7, 11) is 0. The van der Waals surface area contributed by atoms with E-state index in [9.17, 15) is 4.79 Å². The molecule has 1 heterocycles. The Labute approximate surface area is 165 Å². The molecule has 0 bridgehead atoms. The van der Waals surface area contributed by atoms with E-state index in [2.05, 4.69) is 37.4 Å². The molecule has 4 aromatic rings. The van der Waals surface area contributed by atoms with Gasteiger partial charge in [0.15, 0.2) is 0 Å². The van der Waals surface area contributed by atoms with Crippen LogP contribution in [0.3, 0.4) is 0 Å². The fraction of sp³-hybridized carbons (Fsp3) is 0.120. The van der Waals surface area contributed by atoms with Gasteiger partial charge in [0.25, 0.3) is 5.91 Å². The summed E-state index contributed by atoms with van der Waals surface area (Å²) in [5.74, 6) is -0.131. The zero-order valence-electron chi connectivity index (χ0n) is 16.3. The summed E-state index contributed by atoms with van der Waals surface area (Å²) in [4.78, 5) is 17.9. The number of nitrogens with zero attached hydrogens (tertiary/aromatic N) is 1. The molecular weight excluding hydrogens is 344 g/mol. The van der Waals surface area contributed by atoms with Crippen molar-refractivity contribution in [3.63, 3.8) is 0 Å². The van der Waals surface area contributed by atoms with E-state index >= 15 is 0 Å². The maximum absolute atomic E-state index is 13.1. The zero-order chi connectivity index (χ0) is 19.7. The summed E-state index contributed by atoms with van der Waals surface area (Å²) in [5.41, 5.74) is 7.59. The van der Waals surface area contributed by atoms with E-state index in [1.807, 2.05) is 61.5 Å². The maximum Gasteiger partial charge on any atom is 0.256 e. The van der Waals surface area contributed by atoms with Crippen molar-refractivity contribution in [3.8, 4) is 11.3 Å². The van der Waals surface area contributed by atoms with E-state index in [-0.39, 0.29) is 5.91 Å². The lowest BCUT2D eigenvalue weighted by atomic mass is 9.99. The molecule has 0 aliphatic heterocycles. The number of anilines is 1. The largest absolute Gasteiger partial charge is 0.322 e. The number of hydrogen-bond acceptors (Lipinski definition) is 2. The average Bonchev–Trinajstić information content (AvgIpc) is 2.69. The van der Waals surface area contributed by atoms with E-state index < -0.39 is 0 Å². The molecule has 0 aliphatic rings. The lowest BCUT2D eigenvalue weighted by molar-refractivity contribution is 0.102. The lowest BCUT2D eigenvalue weighted by Crippen LogP contribution is -2.13. The second kappa shape index (κ2) is 7.28. The molecule has 1 N–H and O–H groups in total. The van der Waals surface area contributed by atoms with Crippen LogP contribution in [-0.2, 0) is 0 Å². The molecule has 28 heavy (non-hydrogen) atoms. The SMILES string of the molecule is Cc1ccc(NC(=O)c2cc(-c3ccc(C)cc3C)nc3ccccc23)cc1. The Kier molecular flexibility index (Phi) is 4.66. The molecule has 0 saturated carbocycles. The first kappa shape index (κ1) is 17.9.